The Balaban J connectivity index is 3.57. The van der Waals surface area contributed by atoms with Gasteiger partial charge in [0, 0.05) is 6.42 Å². The molecule has 0 aromatic rings. The van der Waals surface area contributed by atoms with Crippen LogP contribution in [-0.4, -0.2) is 34.9 Å². The summed E-state index contributed by atoms with van der Waals surface area (Å²) in [5.74, 6) is -0.0761. The van der Waals surface area contributed by atoms with Gasteiger partial charge < -0.3 is 15.5 Å². The fourth-order valence-corrected chi connectivity index (χ4v) is 7.39. The summed E-state index contributed by atoms with van der Waals surface area (Å²) in [5, 5.41) is 23.0. The van der Waals surface area contributed by atoms with Crippen molar-refractivity contribution >= 4 is 5.91 Å². The van der Waals surface area contributed by atoms with Gasteiger partial charge in [-0.25, -0.2) is 0 Å². The number of nitrogens with one attached hydrogen (secondary N) is 1. The van der Waals surface area contributed by atoms with E-state index in [0.717, 1.165) is 38.5 Å². The van der Waals surface area contributed by atoms with E-state index in [1.165, 1.54) is 199 Å². The Morgan fingerprint density at radius 1 is 0.426 bits per heavy atom. The average Bonchev–Trinajstić information content (AvgIpc) is 3.18. The fourth-order valence-electron chi connectivity index (χ4n) is 7.39. The molecule has 0 aromatic heterocycles. The lowest BCUT2D eigenvalue weighted by Crippen LogP contribution is -2.45. The van der Waals surface area contributed by atoms with E-state index in [0.29, 0.717) is 6.42 Å². The first-order chi connectivity index (χ1) is 26.7. The minimum Gasteiger partial charge on any atom is -0.394 e. The summed E-state index contributed by atoms with van der Waals surface area (Å²) in [6.45, 7) is 4.31. The molecule has 3 N–H and O–H groups in total. The molecule has 2 atom stereocenters. The van der Waals surface area contributed by atoms with Crippen molar-refractivity contribution in [3.8, 4) is 0 Å². The monoisotopic (exact) mass is 758 g/mol. The minimum absolute atomic E-state index is 0.0761. The SMILES string of the molecule is CCCCCCCCCCCCCCCCCCCC/C=C/CC/C=C/CC/C=C/C(O)C(CO)NC(=O)CCCCCCCCCCCCCCCC. The zero-order chi connectivity index (χ0) is 39.3. The Morgan fingerprint density at radius 3 is 1.07 bits per heavy atom. The van der Waals surface area contributed by atoms with Gasteiger partial charge in [-0.1, -0.05) is 243 Å². The van der Waals surface area contributed by atoms with Gasteiger partial charge in [-0.2, -0.15) is 0 Å². The zero-order valence-corrected chi connectivity index (χ0v) is 36.5. The van der Waals surface area contributed by atoms with Crippen molar-refractivity contribution in [3.63, 3.8) is 0 Å². The predicted molar refractivity (Wildman–Crippen MR) is 239 cm³/mol. The van der Waals surface area contributed by atoms with Gasteiger partial charge in [0.1, 0.15) is 0 Å². The van der Waals surface area contributed by atoms with Crippen molar-refractivity contribution in [2.75, 3.05) is 6.61 Å². The molecular formula is C50H95NO3. The number of rotatable bonds is 44. The van der Waals surface area contributed by atoms with E-state index in [4.69, 9.17) is 0 Å². The molecule has 0 spiro atoms. The van der Waals surface area contributed by atoms with Gasteiger partial charge >= 0.3 is 0 Å². The summed E-state index contributed by atoms with van der Waals surface area (Å²) in [4.78, 5) is 12.4. The van der Waals surface area contributed by atoms with Gasteiger partial charge in [0.2, 0.25) is 5.91 Å². The van der Waals surface area contributed by atoms with Gasteiger partial charge in [0.25, 0.3) is 0 Å². The summed E-state index contributed by atoms with van der Waals surface area (Å²) >= 11 is 0. The molecule has 54 heavy (non-hydrogen) atoms. The third kappa shape index (κ3) is 41.8. The van der Waals surface area contributed by atoms with Crippen LogP contribution >= 0.6 is 0 Å². The molecule has 0 rings (SSSR count). The Kier molecular flexibility index (Phi) is 44.8. The highest BCUT2D eigenvalue weighted by atomic mass is 16.3. The first-order valence-corrected chi connectivity index (χ1v) is 24.2. The quantitative estimate of drug-likeness (QED) is 0.0428. The van der Waals surface area contributed by atoms with Crippen molar-refractivity contribution in [2.45, 2.75) is 270 Å². The number of allylic oxidation sites excluding steroid dienone is 5. The second kappa shape index (κ2) is 46.0. The average molecular weight is 758 g/mol. The van der Waals surface area contributed by atoms with E-state index >= 15 is 0 Å². The molecule has 2 unspecified atom stereocenters. The number of hydrogen-bond donors (Lipinski definition) is 3. The van der Waals surface area contributed by atoms with Crippen LogP contribution in [0.3, 0.4) is 0 Å². The molecule has 0 saturated heterocycles. The van der Waals surface area contributed by atoms with Crippen LogP contribution in [0.2, 0.25) is 0 Å². The largest absolute Gasteiger partial charge is 0.394 e. The van der Waals surface area contributed by atoms with Gasteiger partial charge in [-0.15, -0.1) is 0 Å². The van der Waals surface area contributed by atoms with Crippen LogP contribution in [-0.2, 0) is 4.79 Å². The molecular weight excluding hydrogens is 663 g/mol. The third-order valence-corrected chi connectivity index (χ3v) is 11.1. The highest BCUT2D eigenvalue weighted by Crippen LogP contribution is 2.16. The molecule has 0 aliphatic rings. The topological polar surface area (TPSA) is 69.6 Å². The van der Waals surface area contributed by atoms with Crippen molar-refractivity contribution in [3.05, 3.63) is 36.5 Å². The Hall–Kier alpha value is -1.39. The van der Waals surface area contributed by atoms with E-state index in [9.17, 15) is 15.0 Å². The van der Waals surface area contributed by atoms with Crippen LogP contribution in [0.4, 0.5) is 0 Å². The number of carbonyl (C=O) groups is 1. The van der Waals surface area contributed by atoms with Crippen LogP contribution < -0.4 is 5.32 Å². The van der Waals surface area contributed by atoms with Crippen molar-refractivity contribution < 1.29 is 15.0 Å². The van der Waals surface area contributed by atoms with Gasteiger partial charge in [0.05, 0.1) is 18.8 Å². The van der Waals surface area contributed by atoms with E-state index < -0.39 is 12.1 Å². The number of aliphatic hydroxyl groups excluding tert-OH is 2. The Labute approximate surface area is 338 Å². The molecule has 318 valence electrons. The lowest BCUT2D eigenvalue weighted by Gasteiger charge is -2.19. The standard InChI is InChI=1S/C50H95NO3/c1-3-5-7-9-11-13-15-17-19-20-21-22-23-24-25-26-27-28-29-30-31-32-33-35-37-39-41-43-45-49(53)48(47-52)51-50(54)46-44-42-40-38-36-34-18-16-14-12-10-8-6-4-2/h30-31,35,37,43,45,48-49,52-53H,3-29,32-34,36,38-42,44,46-47H2,1-2H3,(H,51,54)/b31-30+,37-35+,45-43+. The van der Waals surface area contributed by atoms with Crippen molar-refractivity contribution in [1.29, 1.82) is 0 Å². The molecule has 0 fully saturated rings. The van der Waals surface area contributed by atoms with Gasteiger partial charge in [-0.05, 0) is 44.9 Å². The number of hydrogen-bond acceptors (Lipinski definition) is 3. The normalized spacial score (nSPS) is 13.2. The van der Waals surface area contributed by atoms with E-state index in [1.54, 1.807) is 6.08 Å². The maximum Gasteiger partial charge on any atom is 0.220 e. The summed E-state index contributed by atoms with van der Waals surface area (Å²) in [5.41, 5.74) is 0. The zero-order valence-electron chi connectivity index (χ0n) is 36.5. The Bertz CT molecular complexity index is 821. The minimum atomic E-state index is -0.867. The molecule has 4 nitrogen and oxygen atoms in total. The van der Waals surface area contributed by atoms with Crippen LogP contribution in [0.5, 0.6) is 0 Å². The van der Waals surface area contributed by atoms with E-state index in [-0.39, 0.29) is 12.5 Å². The van der Waals surface area contributed by atoms with Crippen molar-refractivity contribution in [2.24, 2.45) is 0 Å². The fraction of sp³-hybridized carbons (Fsp3) is 0.860. The molecule has 1 amide bonds. The van der Waals surface area contributed by atoms with Crippen LogP contribution in [0.15, 0.2) is 36.5 Å². The lowest BCUT2D eigenvalue weighted by atomic mass is 10.0. The molecule has 4 heteroatoms. The van der Waals surface area contributed by atoms with E-state index in [2.05, 4.69) is 43.5 Å². The van der Waals surface area contributed by atoms with Crippen molar-refractivity contribution in [1.82, 2.24) is 5.32 Å². The number of carbonyl (C=O) groups excluding carboxylic acids is 1. The first-order valence-electron chi connectivity index (χ1n) is 24.2. The lowest BCUT2D eigenvalue weighted by molar-refractivity contribution is -0.123. The molecule has 0 bridgehead atoms. The van der Waals surface area contributed by atoms with Crippen LogP contribution in [0.25, 0.3) is 0 Å². The number of amides is 1. The number of aliphatic hydroxyl groups is 2. The van der Waals surface area contributed by atoms with Gasteiger partial charge in [-0.3, -0.25) is 4.79 Å². The smallest absolute Gasteiger partial charge is 0.220 e. The maximum absolute atomic E-state index is 12.4. The molecule has 0 aliphatic carbocycles. The second-order valence-corrected chi connectivity index (χ2v) is 16.5. The summed E-state index contributed by atoms with van der Waals surface area (Å²) in [6.07, 6.45) is 61.4. The predicted octanol–water partition coefficient (Wildman–Crippen LogP) is 15.4. The first kappa shape index (κ1) is 52.6. The highest BCUT2D eigenvalue weighted by Gasteiger charge is 2.17. The molecule has 0 heterocycles. The third-order valence-electron chi connectivity index (χ3n) is 11.1. The molecule has 0 aliphatic heterocycles. The second-order valence-electron chi connectivity index (χ2n) is 16.5. The number of unbranched alkanes of at least 4 members (excludes halogenated alkanes) is 33. The highest BCUT2D eigenvalue weighted by molar-refractivity contribution is 5.76. The van der Waals surface area contributed by atoms with E-state index in [1.807, 2.05) is 6.08 Å². The van der Waals surface area contributed by atoms with Crippen LogP contribution in [0, 0.1) is 0 Å². The molecule has 0 radical (unpaired) electrons. The summed E-state index contributed by atoms with van der Waals surface area (Å²) in [6, 6.07) is -0.642. The maximum atomic E-state index is 12.4. The molecule has 0 saturated carbocycles. The van der Waals surface area contributed by atoms with Gasteiger partial charge in [0.15, 0.2) is 0 Å². The molecule has 0 aromatic carbocycles. The Morgan fingerprint density at radius 2 is 0.722 bits per heavy atom. The van der Waals surface area contributed by atoms with Crippen LogP contribution in [0.1, 0.15) is 258 Å². The summed E-state index contributed by atoms with van der Waals surface area (Å²) in [7, 11) is 0. The summed E-state index contributed by atoms with van der Waals surface area (Å²) < 4.78 is 0.